The smallest absolute Gasteiger partial charge is 0.137 e. The predicted molar refractivity (Wildman–Crippen MR) is 65.6 cm³/mol. The minimum Gasteiger partial charge on any atom is -0.224 e. The maximum absolute atomic E-state index is 6.00. The van der Waals surface area contributed by atoms with Crippen LogP contribution in [-0.4, -0.2) is 9.97 Å². The lowest BCUT2D eigenvalue weighted by Gasteiger charge is -2.16. The van der Waals surface area contributed by atoms with Gasteiger partial charge in [0.05, 0.1) is 0 Å². The molecule has 1 heterocycles. The van der Waals surface area contributed by atoms with E-state index in [1.165, 1.54) is 6.33 Å². The van der Waals surface area contributed by atoms with Crippen molar-refractivity contribution in [3.8, 4) is 0 Å². The van der Waals surface area contributed by atoms with E-state index < -0.39 is 0 Å². The highest BCUT2D eigenvalue weighted by Gasteiger charge is 2.18. The quantitative estimate of drug-likeness (QED) is 0.730. The Morgan fingerprint density at radius 3 is 2.47 bits per heavy atom. The molecule has 0 aromatic carbocycles. The van der Waals surface area contributed by atoms with Crippen molar-refractivity contribution in [3.05, 3.63) is 44.9 Å². The molecule has 78 valence electrons. The number of rotatable bonds is 1. The van der Waals surface area contributed by atoms with Crippen molar-refractivity contribution in [2.45, 2.75) is 12.3 Å². The van der Waals surface area contributed by atoms with Gasteiger partial charge in [0.1, 0.15) is 16.6 Å². The molecule has 0 aliphatic heterocycles. The first-order valence-corrected chi connectivity index (χ1v) is 5.93. The molecule has 0 amide bonds. The first kappa shape index (κ1) is 11.1. The van der Waals surface area contributed by atoms with Gasteiger partial charge < -0.3 is 0 Å². The van der Waals surface area contributed by atoms with E-state index in [4.69, 9.17) is 23.2 Å². The number of aromatic nitrogens is 2. The third kappa shape index (κ3) is 2.41. The summed E-state index contributed by atoms with van der Waals surface area (Å²) in [5.74, 6) is 0.160. The number of halogens is 3. The van der Waals surface area contributed by atoms with E-state index in [1.807, 2.05) is 12.2 Å². The number of hydrogen-bond acceptors (Lipinski definition) is 2. The molecule has 0 saturated heterocycles. The minimum atomic E-state index is 0.160. The van der Waals surface area contributed by atoms with Gasteiger partial charge in [-0.2, -0.15) is 0 Å². The molecule has 1 aliphatic rings. The van der Waals surface area contributed by atoms with Crippen LogP contribution in [0.15, 0.2) is 29.0 Å². The molecule has 1 unspecified atom stereocenters. The second-order valence-corrected chi connectivity index (χ2v) is 4.79. The lowest BCUT2D eigenvalue weighted by molar-refractivity contribution is 0.835. The molecule has 0 spiro atoms. The summed E-state index contributed by atoms with van der Waals surface area (Å²) in [5.41, 5.74) is 0.799. The van der Waals surface area contributed by atoms with E-state index in [9.17, 15) is 0 Å². The zero-order valence-corrected chi connectivity index (χ0v) is 10.7. The Kier molecular flexibility index (Phi) is 3.44. The molecular formula is C10H7BrCl2N2. The lowest BCUT2D eigenvalue weighted by atomic mass is 9.95. The van der Waals surface area contributed by atoms with Crippen molar-refractivity contribution < 1.29 is 0 Å². The van der Waals surface area contributed by atoms with Crippen molar-refractivity contribution in [1.82, 2.24) is 9.97 Å². The van der Waals surface area contributed by atoms with Gasteiger partial charge in [-0.05, 0) is 6.42 Å². The van der Waals surface area contributed by atoms with Crippen LogP contribution in [0.5, 0.6) is 0 Å². The summed E-state index contributed by atoms with van der Waals surface area (Å²) in [5, 5.41) is 0.854. The molecule has 2 rings (SSSR count). The number of hydrogen-bond donors (Lipinski definition) is 0. The van der Waals surface area contributed by atoms with Gasteiger partial charge in [0.15, 0.2) is 0 Å². The molecule has 1 aromatic heterocycles. The summed E-state index contributed by atoms with van der Waals surface area (Å²) < 4.78 is 1.07. The molecule has 0 bridgehead atoms. The maximum Gasteiger partial charge on any atom is 0.137 e. The zero-order valence-electron chi connectivity index (χ0n) is 7.62. The first-order valence-electron chi connectivity index (χ1n) is 4.38. The van der Waals surface area contributed by atoms with Gasteiger partial charge in [-0.25, -0.2) is 9.97 Å². The van der Waals surface area contributed by atoms with Crippen molar-refractivity contribution in [2.24, 2.45) is 0 Å². The molecule has 1 aromatic rings. The standard InChI is InChI=1S/C10H7BrCl2N2/c11-7-3-1-6(2-4-7)8-9(12)14-5-15-10(8)13/h1,3-6H,2H2. The van der Waals surface area contributed by atoms with Crippen LogP contribution < -0.4 is 0 Å². The number of nitrogens with zero attached hydrogens (tertiary/aromatic N) is 2. The Bertz CT molecular complexity index is 423. The Morgan fingerprint density at radius 1 is 1.27 bits per heavy atom. The predicted octanol–water partition coefficient (Wildman–Crippen LogP) is 4.11. The van der Waals surface area contributed by atoms with Crippen LogP contribution in [0.3, 0.4) is 0 Å². The summed E-state index contributed by atoms with van der Waals surface area (Å²) in [6.45, 7) is 0. The molecule has 0 fully saturated rings. The van der Waals surface area contributed by atoms with Crippen LogP contribution in [0.25, 0.3) is 0 Å². The van der Waals surface area contributed by atoms with Crippen molar-refractivity contribution in [3.63, 3.8) is 0 Å². The second kappa shape index (κ2) is 4.64. The van der Waals surface area contributed by atoms with Gasteiger partial charge in [-0.15, -0.1) is 0 Å². The van der Waals surface area contributed by atoms with E-state index >= 15 is 0 Å². The largest absolute Gasteiger partial charge is 0.224 e. The summed E-state index contributed by atoms with van der Waals surface area (Å²) in [6, 6.07) is 0. The molecule has 0 saturated carbocycles. The molecule has 0 N–H and O–H groups in total. The minimum absolute atomic E-state index is 0.160. The number of allylic oxidation sites excluding steroid dienone is 4. The summed E-state index contributed by atoms with van der Waals surface area (Å²) in [4.78, 5) is 7.88. The average molecular weight is 306 g/mol. The zero-order chi connectivity index (χ0) is 10.8. The van der Waals surface area contributed by atoms with Gasteiger partial charge in [-0.3, -0.25) is 0 Å². The Hall–Kier alpha value is -0.380. The molecular weight excluding hydrogens is 299 g/mol. The van der Waals surface area contributed by atoms with E-state index in [1.54, 1.807) is 0 Å². The van der Waals surface area contributed by atoms with E-state index in [2.05, 4.69) is 32.0 Å². The van der Waals surface area contributed by atoms with Crippen LogP contribution in [0, 0.1) is 0 Å². The molecule has 15 heavy (non-hydrogen) atoms. The molecule has 1 aliphatic carbocycles. The highest BCUT2D eigenvalue weighted by molar-refractivity contribution is 9.11. The fourth-order valence-corrected chi connectivity index (χ4v) is 2.40. The third-order valence-electron chi connectivity index (χ3n) is 2.21. The van der Waals surface area contributed by atoms with Crippen molar-refractivity contribution in [1.29, 1.82) is 0 Å². The average Bonchev–Trinajstić information content (AvgIpc) is 2.20. The normalized spacial score (nSPS) is 20.2. The fourth-order valence-electron chi connectivity index (χ4n) is 1.47. The highest BCUT2D eigenvalue weighted by atomic mass is 79.9. The van der Waals surface area contributed by atoms with E-state index in [-0.39, 0.29) is 5.92 Å². The topological polar surface area (TPSA) is 25.8 Å². The van der Waals surface area contributed by atoms with Crippen molar-refractivity contribution >= 4 is 39.1 Å². The Morgan fingerprint density at radius 2 is 1.93 bits per heavy atom. The Labute approximate surface area is 106 Å². The van der Waals surface area contributed by atoms with Gasteiger partial charge in [0.2, 0.25) is 0 Å². The van der Waals surface area contributed by atoms with Crippen LogP contribution in [0.2, 0.25) is 10.3 Å². The van der Waals surface area contributed by atoms with Gasteiger partial charge in [-0.1, -0.05) is 57.4 Å². The van der Waals surface area contributed by atoms with Crippen LogP contribution in [0.1, 0.15) is 17.9 Å². The third-order valence-corrected chi connectivity index (χ3v) is 3.40. The summed E-state index contributed by atoms with van der Waals surface area (Å²) in [6.07, 6.45) is 8.31. The maximum atomic E-state index is 6.00. The molecule has 2 nitrogen and oxygen atoms in total. The monoisotopic (exact) mass is 304 g/mol. The molecule has 0 radical (unpaired) electrons. The Balaban J connectivity index is 2.36. The fraction of sp³-hybridized carbons (Fsp3) is 0.200. The summed E-state index contributed by atoms with van der Waals surface area (Å²) >= 11 is 15.4. The summed E-state index contributed by atoms with van der Waals surface area (Å²) in [7, 11) is 0. The van der Waals surface area contributed by atoms with E-state index in [0.29, 0.717) is 10.3 Å². The van der Waals surface area contributed by atoms with E-state index in [0.717, 1.165) is 16.5 Å². The van der Waals surface area contributed by atoms with Gasteiger partial charge in [0.25, 0.3) is 0 Å². The molecule has 5 heteroatoms. The van der Waals surface area contributed by atoms with Crippen LogP contribution in [-0.2, 0) is 0 Å². The second-order valence-electron chi connectivity index (χ2n) is 3.16. The first-order chi connectivity index (χ1) is 7.18. The van der Waals surface area contributed by atoms with Crippen LogP contribution in [0.4, 0.5) is 0 Å². The van der Waals surface area contributed by atoms with Gasteiger partial charge in [0, 0.05) is 16.0 Å². The highest BCUT2D eigenvalue weighted by Crippen LogP contribution is 2.35. The molecule has 1 atom stereocenters. The van der Waals surface area contributed by atoms with Crippen LogP contribution >= 0.6 is 39.1 Å². The van der Waals surface area contributed by atoms with Crippen molar-refractivity contribution in [2.75, 3.05) is 0 Å². The lowest BCUT2D eigenvalue weighted by Crippen LogP contribution is -2.01. The SMILES string of the molecule is Clc1ncnc(Cl)c1C1C=CC(Br)=CC1. The van der Waals surface area contributed by atoms with Gasteiger partial charge >= 0.3 is 0 Å².